The van der Waals surface area contributed by atoms with Gasteiger partial charge in [0.25, 0.3) is 0 Å². The van der Waals surface area contributed by atoms with Gasteiger partial charge in [-0.2, -0.15) is 5.10 Å². The molecule has 2 heterocycles. The zero-order chi connectivity index (χ0) is 20.0. The summed E-state index contributed by atoms with van der Waals surface area (Å²) in [5.41, 5.74) is 4.95. The summed E-state index contributed by atoms with van der Waals surface area (Å²) in [4.78, 5) is 13.8. The highest BCUT2D eigenvalue weighted by Gasteiger charge is 2.48. The van der Waals surface area contributed by atoms with Gasteiger partial charge in [0, 0.05) is 17.8 Å². The average molecular weight is 391 g/mol. The molecule has 29 heavy (non-hydrogen) atoms. The van der Waals surface area contributed by atoms with Crippen LogP contribution in [-0.4, -0.2) is 32.8 Å². The van der Waals surface area contributed by atoms with Gasteiger partial charge in [-0.25, -0.2) is 9.18 Å². The Morgan fingerprint density at radius 1 is 1.10 bits per heavy atom. The van der Waals surface area contributed by atoms with Crippen molar-refractivity contribution in [3.05, 3.63) is 76.9 Å². The van der Waals surface area contributed by atoms with Crippen molar-refractivity contribution in [2.75, 3.05) is 6.54 Å². The van der Waals surface area contributed by atoms with Gasteiger partial charge in [0.15, 0.2) is 0 Å². The van der Waals surface area contributed by atoms with Crippen LogP contribution in [0.25, 0.3) is 11.1 Å². The zero-order valence-electron chi connectivity index (χ0n) is 16.0. The first kappa shape index (κ1) is 17.9. The van der Waals surface area contributed by atoms with Gasteiger partial charge in [-0.15, -0.1) is 0 Å². The minimum Gasteiger partial charge on any atom is -0.465 e. The fourth-order valence-corrected chi connectivity index (χ4v) is 5.03. The Balaban J connectivity index is 1.79. The second-order valence-electron chi connectivity index (χ2n) is 7.84. The van der Waals surface area contributed by atoms with Crippen molar-refractivity contribution in [2.24, 2.45) is 0 Å². The van der Waals surface area contributed by atoms with E-state index in [9.17, 15) is 14.3 Å². The summed E-state index contributed by atoms with van der Waals surface area (Å²) >= 11 is 0. The smallest absolute Gasteiger partial charge is 0.408 e. The number of amides is 1. The van der Waals surface area contributed by atoms with Gasteiger partial charge in [0.05, 0.1) is 0 Å². The van der Waals surface area contributed by atoms with Crippen molar-refractivity contribution in [2.45, 2.75) is 37.6 Å². The molecule has 2 aliphatic rings. The number of carbonyl (C=O) groups is 1. The predicted octanol–water partition coefficient (Wildman–Crippen LogP) is 4.72. The first-order valence-corrected chi connectivity index (χ1v) is 10.0. The number of carboxylic acid groups (broad SMARTS) is 1. The molecule has 6 heteroatoms. The molecule has 1 aromatic heterocycles. The lowest BCUT2D eigenvalue weighted by Gasteiger charge is -2.45. The van der Waals surface area contributed by atoms with Gasteiger partial charge in [-0.05, 0) is 60.9 Å². The van der Waals surface area contributed by atoms with E-state index in [2.05, 4.69) is 17.2 Å². The number of hydrogen-bond donors (Lipinski definition) is 2. The van der Waals surface area contributed by atoms with Gasteiger partial charge >= 0.3 is 6.09 Å². The third-order valence-corrected chi connectivity index (χ3v) is 6.35. The number of nitrogens with one attached hydrogen (secondary N) is 1. The highest BCUT2D eigenvalue weighted by molar-refractivity contribution is 5.77. The number of fused-ring (bicyclic) bond motifs is 3. The van der Waals surface area contributed by atoms with Crippen LogP contribution in [0.5, 0.6) is 0 Å². The lowest BCUT2D eigenvalue weighted by atomic mass is 9.74. The van der Waals surface area contributed by atoms with Crippen LogP contribution in [0, 0.1) is 5.82 Å². The number of aryl methyl sites for hydroxylation is 2. The Morgan fingerprint density at radius 2 is 1.90 bits per heavy atom. The largest absolute Gasteiger partial charge is 0.465 e. The molecule has 2 N–H and O–H groups in total. The first-order chi connectivity index (χ1) is 14.1. The Bertz CT molecular complexity index is 1080. The molecule has 0 radical (unpaired) electrons. The number of aromatic amines is 1. The number of aromatic nitrogens is 2. The number of halogens is 1. The number of rotatable bonds is 2. The van der Waals surface area contributed by atoms with Gasteiger partial charge in [0.1, 0.15) is 17.1 Å². The highest BCUT2D eigenvalue weighted by Crippen LogP contribution is 2.48. The summed E-state index contributed by atoms with van der Waals surface area (Å²) in [6.45, 7) is 0.427. The molecule has 0 spiro atoms. The topological polar surface area (TPSA) is 69.2 Å². The van der Waals surface area contributed by atoms with Crippen LogP contribution < -0.4 is 0 Å². The van der Waals surface area contributed by atoms with E-state index in [0.29, 0.717) is 13.0 Å². The fraction of sp³-hybridized carbons (Fsp3) is 0.304. The van der Waals surface area contributed by atoms with Crippen LogP contribution in [-0.2, 0) is 18.4 Å². The molecule has 148 valence electrons. The number of piperidine rings is 1. The van der Waals surface area contributed by atoms with E-state index in [-0.39, 0.29) is 5.82 Å². The second-order valence-corrected chi connectivity index (χ2v) is 7.84. The van der Waals surface area contributed by atoms with Crippen LogP contribution in [0.3, 0.4) is 0 Å². The first-order valence-electron chi connectivity index (χ1n) is 10.0. The van der Waals surface area contributed by atoms with Gasteiger partial charge in [-0.3, -0.25) is 10.00 Å². The fourth-order valence-electron chi connectivity index (χ4n) is 5.03. The molecule has 1 fully saturated rings. The number of nitrogens with zero attached hydrogens (tertiary/aromatic N) is 2. The number of likely N-dealkylation sites (tertiary alicyclic amines) is 1. The minimum absolute atomic E-state index is 0.337. The third kappa shape index (κ3) is 2.66. The molecule has 1 aliphatic heterocycles. The molecule has 0 bridgehead atoms. The maximum absolute atomic E-state index is 13.7. The molecule has 1 saturated heterocycles. The maximum Gasteiger partial charge on any atom is 0.408 e. The molecule has 1 amide bonds. The monoisotopic (exact) mass is 391 g/mol. The van der Waals surface area contributed by atoms with Crippen LogP contribution >= 0.6 is 0 Å². The normalized spacial score (nSPS) is 20.8. The van der Waals surface area contributed by atoms with Crippen molar-refractivity contribution in [3.8, 4) is 11.1 Å². The SMILES string of the molecule is O=C(O)N1CCCCC1(c1ccc(F)cc1)c1n[nH]c2c1-c1ccccc1CC2. The summed E-state index contributed by atoms with van der Waals surface area (Å²) in [6.07, 6.45) is 3.09. The highest BCUT2D eigenvalue weighted by atomic mass is 19.1. The summed E-state index contributed by atoms with van der Waals surface area (Å²) < 4.78 is 13.7. The van der Waals surface area contributed by atoms with Gasteiger partial charge < -0.3 is 5.11 Å². The Labute approximate surface area is 168 Å². The van der Waals surface area contributed by atoms with E-state index < -0.39 is 11.6 Å². The molecular weight excluding hydrogens is 369 g/mol. The molecule has 5 rings (SSSR count). The molecule has 2 aromatic carbocycles. The van der Waals surface area contributed by atoms with E-state index in [1.54, 1.807) is 12.1 Å². The number of benzene rings is 2. The number of H-pyrrole nitrogens is 1. The van der Waals surface area contributed by atoms with Crippen molar-refractivity contribution >= 4 is 6.09 Å². The van der Waals surface area contributed by atoms with E-state index in [0.717, 1.165) is 53.8 Å². The predicted molar refractivity (Wildman–Crippen MR) is 107 cm³/mol. The lowest BCUT2D eigenvalue weighted by molar-refractivity contribution is 0.0659. The van der Waals surface area contributed by atoms with Crippen LogP contribution in [0.1, 0.15) is 41.8 Å². The molecule has 5 nitrogen and oxygen atoms in total. The Morgan fingerprint density at radius 3 is 2.69 bits per heavy atom. The summed E-state index contributed by atoms with van der Waals surface area (Å²) in [5.74, 6) is -0.337. The van der Waals surface area contributed by atoms with Gasteiger partial charge in [0.2, 0.25) is 0 Å². The molecule has 1 unspecified atom stereocenters. The maximum atomic E-state index is 13.7. The summed E-state index contributed by atoms with van der Waals surface area (Å²) in [7, 11) is 0. The van der Waals surface area contributed by atoms with E-state index in [1.165, 1.54) is 22.6 Å². The minimum atomic E-state index is -0.977. The van der Waals surface area contributed by atoms with Crippen molar-refractivity contribution < 1.29 is 14.3 Å². The standard InChI is InChI=1S/C23H22FN3O2/c24-17-10-8-16(9-11-17)23(13-3-4-14-27(23)22(28)29)21-20-18-6-2-1-5-15(18)7-12-19(20)25-26-21/h1-2,5-6,8-11H,3-4,7,12-14H2,(H,25,26)(H,28,29). The molecule has 0 saturated carbocycles. The second kappa shape index (κ2) is 6.72. The quantitative estimate of drug-likeness (QED) is 0.664. The average Bonchev–Trinajstić information content (AvgIpc) is 3.19. The van der Waals surface area contributed by atoms with Crippen molar-refractivity contribution in [1.82, 2.24) is 15.1 Å². The lowest BCUT2D eigenvalue weighted by Crippen LogP contribution is -2.53. The van der Waals surface area contributed by atoms with Crippen LogP contribution in [0.15, 0.2) is 48.5 Å². The van der Waals surface area contributed by atoms with E-state index in [4.69, 9.17) is 5.10 Å². The Kier molecular flexibility index (Phi) is 4.15. The van der Waals surface area contributed by atoms with Crippen LogP contribution in [0.2, 0.25) is 0 Å². The van der Waals surface area contributed by atoms with Crippen LogP contribution in [0.4, 0.5) is 9.18 Å². The third-order valence-electron chi connectivity index (χ3n) is 6.35. The molecule has 1 aliphatic carbocycles. The molecule has 1 atom stereocenters. The van der Waals surface area contributed by atoms with E-state index in [1.807, 2.05) is 12.1 Å². The van der Waals surface area contributed by atoms with Gasteiger partial charge in [-0.1, -0.05) is 36.4 Å². The summed E-state index contributed by atoms with van der Waals surface area (Å²) in [5, 5.41) is 18.0. The summed E-state index contributed by atoms with van der Waals surface area (Å²) in [6, 6.07) is 14.4. The number of hydrogen-bond acceptors (Lipinski definition) is 2. The van der Waals surface area contributed by atoms with E-state index >= 15 is 0 Å². The zero-order valence-corrected chi connectivity index (χ0v) is 16.0. The Hall–Kier alpha value is -3.15. The molecule has 3 aromatic rings. The van der Waals surface area contributed by atoms with Crippen molar-refractivity contribution in [1.29, 1.82) is 0 Å². The van der Waals surface area contributed by atoms with Crippen molar-refractivity contribution in [3.63, 3.8) is 0 Å². The molecular formula is C23H22FN3O2.